The van der Waals surface area contributed by atoms with E-state index in [1.807, 2.05) is 4.68 Å². The van der Waals surface area contributed by atoms with Gasteiger partial charge in [-0.15, -0.1) is 0 Å². The standard InChI is InChI=1S/C17H24ClN3/c1-5-9-21-17(15(18)11-20-21)16(19-6-2)14-8-7-12(3)10-13(14)4/h7-8,10-11,16,19H,5-6,9H2,1-4H3. The smallest absolute Gasteiger partial charge is 0.0837 e. The zero-order valence-electron chi connectivity index (χ0n) is 13.3. The topological polar surface area (TPSA) is 29.9 Å². The summed E-state index contributed by atoms with van der Waals surface area (Å²) in [5.41, 5.74) is 4.88. The van der Waals surface area contributed by atoms with Crippen molar-refractivity contribution < 1.29 is 0 Å². The number of rotatable bonds is 6. The number of aryl methyl sites for hydroxylation is 3. The lowest BCUT2D eigenvalue weighted by Crippen LogP contribution is -2.26. The summed E-state index contributed by atoms with van der Waals surface area (Å²) in [6.07, 6.45) is 2.79. The lowest BCUT2D eigenvalue weighted by molar-refractivity contribution is 0.519. The first-order chi connectivity index (χ1) is 10.1. The van der Waals surface area contributed by atoms with Gasteiger partial charge in [-0.1, -0.05) is 49.2 Å². The van der Waals surface area contributed by atoms with Gasteiger partial charge in [-0.25, -0.2) is 0 Å². The van der Waals surface area contributed by atoms with Crippen LogP contribution in [0.2, 0.25) is 5.02 Å². The molecule has 1 N–H and O–H groups in total. The molecule has 4 heteroatoms. The molecule has 0 fully saturated rings. The molecule has 0 saturated heterocycles. The SMILES string of the molecule is CCCn1ncc(Cl)c1C(NCC)c1ccc(C)cc1C. The number of halogens is 1. The Morgan fingerprint density at radius 1 is 1.29 bits per heavy atom. The van der Waals surface area contributed by atoms with Crippen LogP contribution < -0.4 is 5.32 Å². The number of nitrogens with zero attached hydrogens (tertiary/aromatic N) is 2. The molecule has 21 heavy (non-hydrogen) atoms. The molecule has 114 valence electrons. The maximum Gasteiger partial charge on any atom is 0.0837 e. The largest absolute Gasteiger partial charge is 0.305 e. The van der Waals surface area contributed by atoms with E-state index in [0.717, 1.165) is 30.2 Å². The van der Waals surface area contributed by atoms with Gasteiger partial charge in [-0.05, 0) is 37.9 Å². The molecule has 0 aliphatic carbocycles. The number of benzene rings is 1. The third-order valence-electron chi connectivity index (χ3n) is 3.69. The first-order valence-electron chi connectivity index (χ1n) is 7.60. The molecule has 0 aliphatic rings. The van der Waals surface area contributed by atoms with Gasteiger partial charge in [0, 0.05) is 6.54 Å². The highest BCUT2D eigenvalue weighted by Gasteiger charge is 2.22. The van der Waals surface area contributed by atoms with E-state index in [1.165, 1.54) is 16.7 Å². The van der Waals surface area contributed by atoms with Crippen LogP contribution in [-0.2, 0) is 6.54 Å². The Kier molecular flexibility index (Phi) is 5.43. The molecule has 0 amide bonds. The van der Waals surface area contributed by atoms with Gasteiger partial charge < -0.3 is 5.32 Å². The van der Waals surface area contributed by atoms with Crippen molar-refractivity contribution in [1.29, 1.82) is 0 Å². The monoisotopic (exact) mass is 305 g/mol. The third-order valence-corrected chi connectivity index (χ3v) is 3.98. The van der Waals surface area contributed by atoms with Gasteiger partial charge in [-0.3, -0.25) is 4.68 Å². The van der Waals surface area contributed by atoms with Crippen LogP contribution in [0.5, 0.6) is 0 Å². The predicted octanol–water partition coefficient (Wildman–Crippen LogP) is 4.26. The van der Waals surface area contributed by atoms with Gasteiger partial charge in [0.2, 0.25) is 0 Å². The van der Waals surface area contributed by atoms with Crippen molar-refractivity contribution in [3.05, 3.63) is 51.8 Å². The van der Waals surface area contributed by atoms with Gasteiger partial charge in [0.15, 0.2) is 0 Å². The van der Waals surface area contributed by atoms with Crippen molar-refractivity contribution >= 4 is 11.6 Å². The van der Waals surface area contributed by atoms with Crippen molar-refractivity contribution in [2.45, 2.75) is 46.7 Å². The van der Waals surface area contributed by atoms with Crippen LogP contribution in [0.1, 0.15) is 48.7 Å². The van der Waals surface area contributed by atoms with Crippen molar-refractivity contribution in [2.75, 3.05) is 6.54 Å². The summed E-state index contributed by atoms with van der Waals surface area (Å²) < 4.78 is 2.02. The summed E-state index contributed by atoms with van der Waals surface area (Å²) in [5, 5.41) is 8.71. The minimum atomic E-state index is 0.0807. The second-order valence-electron chi connectivity index (χ2n) is 5.45. The molecule has 1 atom stereocenters. The zero-order valence-corrected chi connectivity index (χ0v) is 14.0. The molecule has 1 heterocycles. The molecule has 0 saturated carbocycles. The Hall–Kier alpha value is -1.32. The van der Waals surface area contributed by atoms with E-state index in [2.05, 4.69) is 56.3 Å². The molecule has 2 aromatic rings. The lowest BCUT2D eigenvalue weighted by Gasteiger charge is -2.22. The molecule has 1 unspecified atom stereocenters. The van der Waals surface area contributed by atoms with Gasteiger partial charge in [0.1, 0.15) is 0 Å². The molecule has 0 spiro atoms. The third kappa shape index (κ3) is 3.47. The number of hydrogen-bond donors (Lipinski definition) is 1. The van der Waals surface area contributed by atoms with Crippen LogP contribution in [0.4, 0.5) is 0 Å². The van der Waals surface area contributed by atoms with Crippen LogP contribution in [0.25, 0.3) is 0 Å². The molecular weight excluding hydrogens is 282 g/mol. The van der Waals surface area contributed by atoms with Crippen molar-refractivity contribution in [3.63, 3.8) is 0 Å². The molecule has 3 nitrogen and oxygen atoms in total. The highest BCUT2D eigenvalue weighted by atomic mass is 35.5. The number of nitrogens with one attached hydrogen (secondary N) is 1. The fraction of sp³-hybridized carbons (Fsp3) is 0.471. The first kappa shape index (κ1) is 16.1. The fourth-order valence-electron chi connectivity index (χ4n) is 2.76. The highest BCUT2D eigenvalue weighted by Crippen LogP contribution is 2.30. The maximum absolute atomic E-state index is 6.42. The van der Waals surface area contributed by atoms with E-state index in [-0.39, 0.29) is 6.04 Å². The van der Waals surface area contributed by atoms with Crippen molar-refractivity contribution in [2.24, 2.45) is 0 Å². The van der Waals surface area contributed by atoms with Gasteiger partial charge >= 0.3 is 0 Å². The minimum Gasteiger partial charge on any atom is -0.305 e. The van der Waals surface area contributed by atoms with Crippen LogP contribution >= 0.6 is 11.6 Å². The summed E-state index contributed by atoms with van der Waals surface area (Å²) in [6, 6.07) is 6.64. The number of hydrogen-bond acceptors (Lipinski definition) is 2. The molecule has 2 rings (SSSR count). The molecule has 0 bridgehead atoms. The fourth-order valence-corrected chi connectivity index (χ4v) is 3.01. The summed E-state index contributed by atoms with van der Waals surface area (Å²) in [6.45, 7) is 10.3. The Balaban J connectivity index is 2.50. The molecular formula is C17H24ClN3. The van der Waals surface area contributed by atoms with Crippen LogP contribution in [0.15, 0.2) is 24.4 Å². The van der Waals surface area contributed by atoms with Crippen LogP contribution in [-0.4, -0.2) is 16.3 Å². The summed E-state index contributed by atoms with van der Waals surface area (Å²) in [5.74, 6) is 0. The average Bonchev–Trinajstić information content (AvgIpc) is 2.79. The van der Waals surface area contributed by atoms with E-state index in [4.69, 9.17) is 11.6 Å². The predicted molar refractivity (Wildman–Crippen MR) is 89.0 cm³/mol. The Morgan fingerprint density at radius 2 is 2.05 bits per heavy atom. The zero-order chi connectivity index (χ0) is 15.4. The van der Waals surface area contributed by atoms with Gasteiger partial charge in [-0.2, -0.15) is 5.10 Å². The van der Waals surface area contributed by atoms with Crippen molar-refractivity contribution in [1.82, 2.24) is 15.1 Å². The summed E-state index contributed by atoms with van der Waals surface area (Å²) in [7, 11) is 0. The average molecular weight is 306 g/mol. The normalized spacial score (nSPS) is 12.6. The maximum atomic E-state index is 6.42. The quantitative estimate of drug-likeness (QED) is 0.864. The Morgan fingerprint density at radius 3 is 2.67 bits per heavy atom. The van der Waals surface area contributed by atoms with E-state index >= 15 is 0 Å². The van der Waals surface area contributed by atoms with Gasteiger partial charge in [0.05, 0.1) is 23.0 Å². The van der Waals surface area contributed by atoms with E-state index in [1.54, 1.807) is 6.20 Å². The highest BCUT2D eigenvalue weighted by molar-refractivity contribution is 6.31. The summed E-state index contributed by atoms with van der Waals surface area (Å²) >= 11 is 6.42. The van der Waals surface area contributed by atoms with Gasteiger partial charge in [0.25, 0.3) is 0 Å². The molecule has 1 aromatic carbocycles. The van der Waals surface area contributed by atoms with E-state index in [9.17, 15) is 0 Å². The van der Waals surface area contributed by atoms with E-state index < -0.39 is 0 Å². The van der Waals surface area contributed by atoms with Crippen LogP contribution in [0, 0.1) is 13.8 Å². The Labute approximate surface area is 132 Å². The van der Waals surface area contributed by atoms with E-state index in [0.29, 0.717) is 0 Å². The number of aromatic nitrogens is 2. The van der Waals surface area contributed by atoms with Crippen LogP contribution in [0.3, 0.4) is 0 Å². The molecule has 0 radical (unpaired) electrons. The second-order valence-corrected chi connectivity index (χ2v) is 5.86. The Bertz CT molecular complexity index is 604. The van der Waals surface area contributed by atoms with Crippen molar-refractivity contribution in [3.8, 4) is 0 Å². The summed E-state index contributed by atoms with van der Waals surface area (Å²) in [4.78, 5) is 0. The first-order valence-corrected chi connectivity index (χ1v) is 7.98. The second kappa shape index (κ2) is 7.10. The molecule has 1 aromatic heterocycles. The minimum absolute atomic E-state index is 0.0807. The lowest BCUT2D eigenvalue weighted by atomic mass is 9.96. The molecule has 0 aliphatic heterocycles.